The van der Waals surface area contributed by atoms with Crippen molar-refractivity contribution in [2.45, 2.75) is 12.5 Å². The van der Waals surface area contributed by atoms with E-state index < -0.39 is 0 Å². The number of rotatable bonds is 3. The van der Waals surface area contributed by atoms with Crippen LogP contribution in [0.3, 0.4) is 0 Å². The fourth-order valence-electron chi connectivity index (χ4n) is 3.10. The van der Waals surface area contributed by atoms with E-state index in [1.807, 2.05) is 47.4 Å². The smallest absolute Gasteiger partial charge is 0.316 e. The van der Waals surface area contributed by atoms with Crippen molar-refractivity contribution < 1.29 is 9.53 Å². The van der Waals surface area contributed by atoms with E-state index in [-0.39, 0.29) is 18.0 Å². The van der Waals surface area contributed by atoms with Gasteiger partial charge in [0.1, 0.15) is 6.10 Å². The molecule has 1 aliphatic heterocycles. The van der Waals surface area contributed by atoms with Crippen LogP contribution in [0.4, 0.5) is 0 Å². The topological polar surface area (TPSA) is 55.3 Å². The highest BCUT2D eigenvalue weighted by Gasteiger charge is 2.29. The van der Waals surface area contributed by atoms with Crippen LogP contribution in [0.15, 0.2) is 54.9 Å². The number of aromatic nitrogens is 2. The van der Waals surface area contributed by atoms with Gasteiger partial charge >= 0.3 is 6.01 Å². The molecule has 4 rings (SSSR count). The van der Waals surface area contributed by atoms with Crippen LogP contribution in [-0.2, 0) is 0 Å². The number of likely N-dealkylation sites (tertiary alicyclic amines) is 1. The third-order valence-corrected chi connectivity index (χ3v) is 4.52. The van der Waals surface area contributed by atoms with Gasteiger partial charge in [0.25, 0.3) is 5.91 Å². The van der Waals surface area contributed by atoms with Gasteiger partial charge in [0.05, 0.1) is 24.0 Å². The second-order valence-corrected chi connectivity index (χ2v) is 6.43. The van der Waals surface area contributed by atoms with Crippen molar-refractivity contribution in [1.82, 2.24) is 14.9 Å². The molecule has 0 spiro atoms. The van der Waals surface area contributed by atoms with E-state index in [1.54, 1.807) is 0 Å². The lowest BCUT2D eigenvalue weighted by molar-refractivity contribution is 0.0771. The highest BCUT2D eigenvalue weighted by atomic mass is 35.5. The van der Waals surface area contributed by atoms with Gasteiger partial charge < -0.3 is 9.64 Å². The molecular weight excluding hydrogens is 338 g/mol. The van der Waals surface area contributed by atoms with E-state index >= 15 is 0 Å². The second kappa shape index (κ2) is 6.69. The minimum Gasteiger partial charge on any atom is -0.458 e. The highest BCUT2D eigenvalue weighted by molar-refractivity contribution is 6.30. The van der Waals surface area contributed by atoms with E-state index in [9.17, 15) is 4.79 Å². The Balaban J connectivity index is 1.49. The number of ether oxygens (including phenoxy) is 1. The van der Waals surface area contributed by atoms with E-state index in [0.29, 0.717) is 18.1 Å². The summed E-state index contributed by atoms with van der Waals surface area (Å²) in [7, 11) is 0. The molecule has 0 unspecified atom stereocenters. The van der Waals surface area contributed by atoms with Crippen LogP contribution in [0.2, 0.25) is 5.02 Å². The molecule has 0 N–H and O–H groups in total. The average molecular weight is 354 g/mol. The Morgan fingerprint density at radius 2 is 1.88 bits per heavy atom. The Kier molecular flexibility index (Phi) is 4.24. The van der Waals surface area contributed by atoms with Gasteiger partial charge in [-0.2, -0.15) is 0 Å². The molecule has 2 aromatic carbocycles. The number of hydrogen-bond donors (Lipinski definition) is 0. The number of benzene rings is 2. The molecule has 126 valence electrons. The molecule has 0 saturated carbocycles. The molecule has 25 heavy (non-hydrogen) atoms. The van der Waals surface area contributed by atoms with E-state index in [0.717, 1.165) is 22.8 Å². The molecule has 0 bridgehead atoms. The lowest BCUT2D eigenvalue weighted by atomic mass is 10.0. The predicted molar refractivity (Wildman–Crippen MR) is 95.9 cm³/mol. The van der Waals surface area contributed by atoms with Crippen molar-refractivity contribution in [2.24, 2.45) is 0 Å². The number of hydrogen-bond acceptors (Lipinski definition) is 4. The minimum absolute atomic E-state index is 0.0277. The maximum Gasteiger partial charge on any atom is 0.316 e. The van der Waals surface area contributed by atoms with E-state index in [4.69, 9.17) is 16.3 Å². The first kappa shape index (κ1) is 15.8. The van der Waals surface area contributed by atoms with Gasteiger partial charge in [0.2, 0.25) is 0 Å². The van der Waals surface area contributed by atoms with Gasteiger partial charge in [0, 0.05) is 18.5 Å². The molecule has 1 amide bonds. The monoisotopic (exact) mass is 353 g/mol. The van der Waals surface area contributed by atoms with Crippen LogP contribution in [0.5, 0.6) is 6.01 Å². The SMILES string of the molecule is O=C(c1cccc2ccccc12)N1CC[C@@H](Oc2ncc(Cl)cn2)C1. The zero-order valence-corrected chi connectivity index (χ0v) is 14.2. The Bertz CT molecular complexity index is 909. The first-order valence-electron chi connectivity index (χ1n) is 8.12. The maximum atomic E-state index is 12.9. The normalized spacial score (nSPS) is 17.0. The van der Waals surface area contributed by atoms with Gasteiger partial charge in [-0.1, -0.05) is 48.0 Å². The van der Waals surface area contributed by atoms with E-state index in [1.165, 1.54) is 12.4 Å². The fourth-order valence-corrected chi connectivity index (χ4v) is 3.20. The van der Waals surface area contributed by atoms with E-state index in [2.05, 4.69) is 9.97 Å². The van der Waals surface area contributed by atoms with Crippen molar-refractivity contribution in [1.29, 1.82) is 0 Å². The predicted octanol–water partition coefficient (Wildman–Crippen LogP) is 3.58. The summed E-state index contributed by atoms with van der Waals surface area (Å²) in [6.45, 7) is 1.17. The first-order chi connectivity index (χ1) is 12.2. The van der Waals surface area contributed by atoms with Crippen molar-refractivity contribution in [3.8, 4) is 6.01 Å². The van der Waals surface area contributed by atoms with Crippen LogP contribution in [0.1, 0.15) is 16.8 Å². The number of fused-ring (bicyclic) bond motifs is 1. The Labute approximate surface area is 150 Å². The largest absolute Gasteiger partial charge is 0.458 e. The Hall–Kier alpha value is -2.66. The Morgan fingerprint density at radius 3 is 2.72 bits per heavy atom. The third kappa shape index (κ3) is 3.28. The molecule has 1 saturated heterocycles. The second-order valence-electron chi connectivity index (χ2n) is 5.99. The summed E-state index contributed by atoms with van der Waals surface area (Å²) in [6.07, 6.45) is 3.64. The lowest BCUT2D eigenvalue weighted by Gasteiger charge is -2.18. The molecule has 5 nitrogen and oxygen atoms in total. The standard InChI is InChI=1S/C19H16ClN3O2/c20-14-10-21-19(22-11-14)25-15-8-9-23(12-15)18(24)17-7-3-5-13-4-1-2-6-16(13)17/h1-7,10-11,15H,8-9,12H2/t15-/m1/s1. The van der Waals surface area contributed by atoms with Crippen molar-refractivity contribution in [3.05, 3.63) is 65.4 Å². The summed E-state index contributed by atoms with van der Waals surface area (Å²) in [6, 6.07) is 14.0. The van der Waals surface area contributed by atoms with Gasteiger partial charge in [-0.25, -0.2) is 9.97 Å². The quantitative estimate of drug-likeness (QED) is 0.722. The maximum absolute atomic E-state index is 12.9. The number of nitrogens with zero attached hydrogens (tertiary/aromatic N) is 3. The van der Waals surface area contributed by atoms with Crippen LogP contribution in [0.25, 0.3) is 10.8 Å². The van der Waals surface area contributed by atoms with Crippen LogP contribution >= 0.6 is 11.6 Å². The summed E-state index contributed by atoms with van der Waals surface area (Å²) >= 11 is 5.78. The first-order valence-corrected chi connectivity index (χ1v) is 8.50. The van der Waals surface area contributed by atoms with Gasteiger partial charge in [-0.05, 0) is 16.8 Å². The molecular formula is C19H16ClN3O2. The van der Waals surface area contributed by atoms with Gasteiger partial charge in [0.15, 0.2) is 0 Å². The van der Waals surface area contributed by atoms with Gasteiger partial charge in [-0.15, -0.1) is 0 Å². The molecule has 1 aromatic heterocycles. The molecule has 0 radical (unpaired) electrons. The molecule has 2 heterocycles. The highest BCUT2D eigenvalue weighted by Crippen LogP contribution is 2.23. The summed E-state index contributed by atoms with van der Waals surface area (Å²) in [5.74, 6) is 0.0277. The zero-order valence-electron chi connectivity index (χ0n) is 13.4. The van der Waals surface area contributed by atoms with Crippen LogP contribution in [0, 0.1) is 0 Å². The van der Waals surface area contributed by atoms with Crippen LogP contribution in [-0.4, -0.2) is 40.0 Å². The fraction of sp³-hybridized carbons (Fsp3) is 0.211. The van der Waals surface area contributed by atoms with Crippen molar-refractivity contribution >= 4 is 28.3 Å². The molecule has 1 atom stereocenters. The minimum atomic E-state index is -0.111. The van der Waals surface area contributed by atoms with Crippen molar-refractivity contribution in [2.75, 3.05) is 13.1 Å². The average Bonchev–Trinajstić information content (AvgIpc) is 3.11. The molecule has 0 aliphatic carbocycles. The number of carbonyl (C=O) groups excluding carboxylic acids is 1. The van der Waals surface area contributed by atoms with Crippen LogP contribution < -0.4 is 4.74 Å². The molecule has 1 fully saturated rings. The molecule has 6 heteroatoms. The summed E-state index contributed by atoms with van der Waals surface area (Å²) in [4.78, 5) is 22.8. The number of carbonyl (C=O) groups is 1. The summed E-state index contributed by atoms with van der Waals surface area (Å²) in [5.41, 5.74) is 0.724. The molecule has 3 aromatic rings. The number of amides is 1. The van der Waals surface area contributed by atoms with Gasteiger partial charge in [-0.3, -0.25) is 4.79 Å². The third-order valence-electron chi connectivity index (χ3n) is 4.32. The lowest BCUT2D eigenvalue weighted by Crippen LogP contribution is -2.31. The zero-order chi connectivity index (χ0) is 17.2. The summed E-state index contributed by atoms with van der Waals surface area (Å²) in [5, 5.41) is 2.50. The number of halogens is 1. The van der Waals surface area contributed by atoms with Crippen molar-refractivity contribution in [3.63, 3.8) is 0 Å². The summed E-state index contributed by atoms with van der Waals surface area (Å²) < 4.78 is 5.76. The Morgan fingerprint density at radius 1 is 1.12 bits per heavy atom. The molecule has 1 aliphatic rings.